The summed E-state index contributed by atoms with van der Waals surface area (Å²) in [4.78, 5) is 23.4. The first kappa shape index (κ1) is 24.5. The lowest BCUT2D eigenvalue weighted by Gasteiger charge is -2.24. The smallest absolute Gasteiger partial charge is 0.332 e. The average Bonchev–Trinajstić information content (AvgIpc) is 2.71. The highest BCUT2D eigenvalue weighted by Gasteiger charge is 2.23. The predicted molar refractivity (Wildman–Crippen MR) is 129 cm³/mol. The summed E-state index contributed by atoms with van der Waals surface area (Å²) in [5.41, 5.74) is 13.2. The van der Waals surface area contributed by atoms with Crippen LogP contribution in [0.1, 0.15) is 25.1 Å². The molecule has 0 unspecified atom stereocenters. The van der Waals surface area contributed by atoms with Gasteiger partial charge in [0.15, 0.2) is 5.11 Å². The molecule has 0 aliphatic heterocycles. The Bertz CT molecular complexity index is 955. The van der Waals surface area contributed by atoms with E-state index in [2.05, 4.69) is 15.3 Å². The molecule has 10 nitrogen and oxygen atoms in total. The lowest BCUT2D eigenvalue weighted by Crippen LogP contribution is -2.39. The van der Waals surface area contributed by atoms with E-state index in [-0.39, 0.29) is 16.6 Å². The number of anilines is 3. The Morgan fingerprint density at radius 3 is 2.52 bits per heavy atom. The van der Waals surface area contributed by atoms with Gasteiger partial charge in [0, 0.05) is 43.4 Å². The molecule has 2 rings (SSSR count). The maximum atomic E-state index is 11.6. The molecule has 0 radical (unpaired) electrons. The molecule has 12 heteroatoms. The Morgan fingerprint density at radius 2 is 2.00 bits per heavy atom. The van der Waals surface area contributed by atoms with Gasteiger partial charge in [-0.2, -0.15) is 4.98 Å². The number of halogens is 1. The van der Waals surface area contributed by atoms with Crippen molar-refractivity contribution in [1.82, 2.24) is 9.97 Å². The number of nitrogens with one attached hydrogen (secondary N) is 1. The number of nitrogens with zero attached hydrogens (tertiary/aromatic N) is 5. The maximum absolute atomic E-state index is 11.6. The number of rotatable bonds is 10. The molecule has 0 atom stereocenters. The molecule has 0 amide bonds. The van der Waals surface area contributed by atoms with E-state index in [1.807, 2.05) is 30.9 Å². The van der Waals surface area contributed by atoms with E-state index < -0.39 is 4.92 Å². The van der Waals surface area contributed by atoms with Crippen LogP contribution in [-0.4, -0.2) is 46.2 Å². The quantitative estimate of drug-likeness (QED) is 0.272. The van der Waals surface area contributed by atoms with Gasteiger partial charge in [-0.05, 0) is 50.7 Å². The van der Waals surface area contributed by atoms with Crippen molar-refractivity contribution in [2.45, 2.75) is 27.3 Å². The third kappa shape index (κ3) is 5.90. The second-order valence-corrected chi connectivity index (χ2v) is 7.46. The Labute approximate surface area is 191 Å². The fourth-order valence-electron chi connectivity index (χ4n) is 3.06. The van der Waals surface area contributed by atoms with E-state index in [0.717, 1.165) is 5.56 Å². The predicted octanol–water partition coefficient (Wildman–Crippen LogP) is 2.81. The van der Waals surface area contributed by atoms with Crippen molar-refractivity contribution in [2.24, 2.45) is 11.5 Å². The fourth-order valence-corrected chi connectivity index (χ4v) is 3.51. The molecular formula is C19H27ClN8O2S. The second kappa shape index (κ2) is 11.0. The van der Waals surface area contributed by atoms with E-state index >= 15 is 0 Å². The van der Waals surface area contributed by atoms with E-state index in [0.29, 0.717) is 55.1 Å². The molecule has 0 saturated carbocycles. The van der Waals surface area contributed by atoms with Crippen LogP contribution in [0.2, 0.25) is 5.02 Å². The molecule has 0 saturated heterocycles. The molecular weight excluding hydrogens is 440 g/mol. The van der Waals surface area contributed by atoms with Crippen LogP contribution in [0.4, 0.5) is 23.1 Å². The number of aryl methyl sites for hydroxylation is 1. The third-order valence-electron chi connectivity index (χ3n) is 4.74. The summed E-state index contributed by atoms with van der Waals surface area (Å²) in [5.74, 6) is 0.588. The van der Waals surface area contributed by atoms with Gasteiger partial charge >= 0.3 is 5.69 Å². The van der Waals surface area contributed by atoms with Crippen molar-refractivity contribution in [3.05, 3.63) is 44.6 Å². The summed E-state index contributed by atoms with van der Waals surface area (Å²) in [5, 5.41) is 15.3. The van der Waals surface area contributed by atoms with Crippen molar-refractivity contribution >= 4 is 52.1 Å². The molecule has 0 spiro atoms. The van der Waals surface area contributed by atoms with Crippen LogP contribution in [0.15, 0.2) is 18.2 Å². The number of nitro groups is 1. The Balaban J connectivity index is 2.26. The van der Waals surface area contributed by atoms with Gasteiger partial charge in [0.2, 0.25) is 11.8 Å². The van der Waals surface area contributed by atoms with Gasteiger partial charge in [-0.15, -0.1) is 0 Å². The van der Waals surface area contributed by atoms with Gasteiger partial charge in [0.1, 0.15) is 5.69 Å². The van der Waals surface area contributed by atoms with Gasteiger partial charge in [-0.3, -0.25) is 10.1 Å². The van der Waals surface area contributed by atoms with Gasteiger partial charge in [0.05, 0.1) is 4.92 Å². The van der Waals surface area contributed by atoms with E-state index in [1.165, 1.54) is 0 Å². The van der Waals surface area contributed by atoms with Gasteiger partial charge in [0.25, 0.3) is 0 Å². The van der Waals surface area contributed by atoms with Crippen molar-refractivity contribution in [2.75, 3.05) is 41.3 Å². The van der Waals surface area contributed by atoms with Crippen molar-refractivity contribution in [3.63, 3.8) is 0 Å². The average molecular weight is 467 g/mol. The van der Waals surface area contributed by atoms with Crippen molar-refractivity contribution < 1.29 is 4.92 Å². The van der Waals surface area contributed by atoms with Gasteiger partial charge < -0.3 is 26.6 Å². The fraction of sp³-hybridized carbons (Fsp3) is 0.421. The molecule has 168 valence electrons. The molecule has 2 aromatic rings. The second-order valence-electron chi connectivity index (χ2n) is 6.63. The summed E-state index contributed by atoms with van der Waals surface area (Å²) >= 11 is 11.4. The number of aromatic nitrogens is 2. The third-order valence-corrected chi connectivity index (χ3v) is 5.31. The Hall–Kier alpha value is -2.76. The highest BCUT2D eigenvalue weighted by Crippen LogP contribution is 2.28. The summed E-state index contributed by atoms with van der Waals surface area (Å²) in [6.07, 6.45) is 0. The lowest BCUT2D eigenvalue weighted by atomic mass is 10.2. The zero-order chi connectivity index (χ0) is 23.1. The molecule has 0 bridgehead atoms. The van der Waals surface area contributed by atoms with Crippen LogP contribution in [0, 0.1) is 17.0 Å². The molecule has 0 aliphatic carbocycles. The maximum Gasteiger partial charge on any atom is 0.332 e. The molecule has 1 heterocycles. The van der Waals surface area contributed by atoms with Crippen LogP contribution in [0.25, 0.3) is 0 Å². The largest absolute Gasteiger partial charge is 0.376 e. The highest BCUT2D eigenvalue weighted by atomic mass is 35.5. The van der Waals surface area contributed by atoms with Crippen LogP contribution >= 0.6 is 23.8 Å². The van der Waals surface area contributed by atoms with Crippen LogP contribution in [-0.2, 0) is 6.54 Å². The number of thiocarbonyl (C=S) groups is 1. The van der Waals surface area contributed by atoms with Crippen LogP contribution in [0.5, 0.6) is 0 Å². The standard InChI is InChI=1S/C19H27ClN8O2S/c1-4-26(5-2)19-24-12(3)16(28(29)30)17(25-19)23-8-9-27(18(22)31)14-7-6-13(11-21)15(20)10-14/h6-7,10H,4-5,8-9,11,21H2,1-3H3,(H2,22,31)(H,23,24,25). The molecule has 0 aliphatic rings. The molecule has 0 fully saturated rings. The summed E-state index contributed by atoms with van der Waals surface area (Å²) in [6, 6.07) is 5.37. The topological polar surface area (TPSA) is 139 Å². The molecule has 31 heavy (non-hydrogen) atoms. The van der Waals surface area contributed by atoms with Crippen molar-refractivity contribution in [3.8, 4) is 0 Å². The van der Waals surface area contributed by atoms with E-state index in [4.69, 9.17) is 35.3 Å². The first-order valence-electron chi connectivity index (χ1n) is 9.80. The SMILES string of the molecule is CCN(CC)c1nc(C)c([N+](=O)[O-])c(NCCN(C(N)=S)c2ccc(CN)c(Cl)c2)n1. The van der Waals surface area contributed by atoms with Gasteiger partial charge in [-0.25, -0.2) is 4.98 Å². The minimum atomic E-state index is -0.486. The zero-order valence-electron chi connectivity index (χ0n) is 17.8. The molecule has 5 N–H and O–H groups in total. The Morgan fingerprint density at radius 1 is 1.32 bits per heavy atom. The minimum absolute atomic E-state index is 0.149. The monoisotopic (exact) mass is 466 g/mol. The zero-order valence-corrected chi connectivity index (χ0v) is 19.3. The normalized spacial score (nSPS) is 10.6. The van der Waals surface area contributed by atoms with E-state index in [1.54, 1.807) is 17.9 Å². The number of hydrogen-bond donors (Lipinski definition) is 3. The van der Waals surface area contributed by atoms with Crippen LogP contribution in [0.3, 0.4) is 0 Å². The minimum Gasteiger partial charge on any atom is -0.376 e. The first-order valence-corrected chi connectivity index (χ1v) is 10.6. The number of nitrogens with two attached hydrogens (primary N) is 2. The summed E-state index contributed by atoms with van der Waals surface area (Å²) in [7, 11) is 0. The molecule has 1 aromatic carbocycles. The summed E-state index contributed by atoms with van der Waals surface area (Å²) in [6.45, 7) is 7.86. The summed E-state index contributed by atoms with van der Waals surface area (Å²) < 4.78 is 0. The van der Waals surface area contributed by atoms with Gasteiger partial charge in [-0.1, -0.05) is 17.7 Å². The number of hydrogen-bond acceptors (Lipinski definition) is 8. The van der Waals surface area contributed by atoms with Crippen molar-refractivity contribution in [1.29, 1.82) is 0 Å². The Kier molecular flexibility index (Phi) is 8.72. The first-order chi connectivity index (χ1) is 14.7. The lowest BCUT2D eigenvalue weighted by molar-refractivity contribution is -0.385. The highest BCUT2D eigenvalue weighted by molar-refractivity contribution is 7.80. The van der Waals surface area contributed by atoms with E-state index in [9.17, 15) is 10.1 Å². The van der Waals surface area contributed by atoms with Crippen LogP contribution < -0.4 is 26.6 Å². The number of benzene rings is 1. The molecule has 1 aromatic heterocycles.